The second-order valence-electron chi connectivity index (χ2n) is 9.58. The zero-order valence-electron chi connectivity index (χ0n) is 21.5. The minimum absolute atomic E-state index is 0.0154. The zero-order chi connectivity index (χ0) is 26.7. The van der Waals surface area contributed by atoms with Gasteiger partial charge < -0.3 is 15.6 Å². The summed E-state index contributed by atoms with van der Waals surface area (Å²) < 4.78 is 26.7. The van der Waals surface area contributed by atoms with Gasteiger partial charge in [0.1, 0.15) is 5.37 Å². The normalized spacial score (nSPS) is 15.5. The van der Waals surface area contributed by atoms with Crippen molar-refractivity contribution in [2.24, 2.45) is 17.0 Å². The minimum atomic E-state index is -3.77. The van der Waals surface area contributed by atoms with Crippen LogP contribution in [0.3, 0.4) is 0 Å². The fourth-order valence-electron chi connectivity index (χ4n) is 3.92. The quantitative estimate of drug-likeness (QED) is 0.173. The fourth-order valence-corrected chi connectivity index (χ4v) is 5.76. The first-order valence-corrected chi connectivity index (χ1v) is 13.9. The summed E-state index contributed by atoms with van der Waals surface area (Å²) in [5.41, 5.74) is 1.53. The highest BCUT2D eigenvalue weighted by molar-refractivity contribution is 7.92. The Morgan fingerprint density at radius 1 is 1.06 bits per heavy atom. The van der Waals surface area contributed by atoms with Crippen LogP contribution in [0.2, 0.25) is 0 Å². The number of hydrogen-bond donors (Lipinski definition) is 4. The highest BCUT2D eigenvalue weighted by atomic mass is 32.2. The van der Waals surface area contributed by atoms with E-state index < -0.39 is 27.4 Å². The van der Waals surface area contributed by atoms with Crippen molar-refractivity contribution in [2.75, 3.05) is 6.54 Å². The summed E-state index contributed by atoms with van der Waals surface area (Å²) in [6.07, 6.45) is 1.87. The predicted octanol–water partition coefficient (Wildman–Crippen LogP) is 3.36. The molecule has 0 heterocycles. The van der Waals surface area contributed by atoms with Gasteiger partial charge >= 0.3 is 0 Å². The molecule has 36 heavy (non-hydrogen) atoms. The number of aliphatic hydroxyl groups is 1. The Labute approximate surface area is 214 Å². The van der Waals surface area contributed by atoms with Crippen LogP contribution >= 0.6 is 0 Å². The van der Waals surface area contributed by atoms with Crippen molar-refractivity contribution in [1.82, 2.24) is 10.6 Å². The number of amides is 1. The molecule has 0 saturated heterocycles. The van der Waals surface area contributed by atoms with Crippen LogP contribution in [0, 0.1) is 11.8 Å². The molecule has 4 N–H and O–H groups in total. The van der Waals surface area contributed by atoms with Crippen LogP contribution in [0.4, 0.5) is 0 Å². The monoisotopic (exact) mass is 517 g/mol. The maximum atomic E-state index is 13.4. The Morgan fingerprint density at radius 3 is 2.25 bits per heavy atom. The number of nitrogens with one attached hydrogen (secondary N) is 2. The van der Waals surface area contributed by atoms with Crippen LogP contribution in [0.15, 0.2) is 64.6 Å². The van der Waals surface area contributed by atoms with Gasteiger partial charge in [0.25, 0.3) is 0 Å². The number of benzene rings is 2. The summed E-state index contributed by atoms with van der Waals surface area (Å²) in [6, 6.07) is 15.0. The van der Waals surface area contributed by atoms with E-state index in [-0.39, 0.29) is 29.2 Å². The van der Waals surface area contributed by atoms with E-state index >= 15 is 0 Å². The number of hydrogen-bond acceptors (Lipinski definition) is 7. The molecule has 0 saturated carbocycles. The summed E-state index contributed by atoms with van der Waals surface area (Å²) in [6.45, 7) is 7.61. The van der Waals surface area contributed by atoms with Gasteiger partial charge in [0, 0.05) is 13.0 Å². The molecule has 0 fully saturated rings. The summed E-state index contributed by atoms with van der Waals surface area (Å²) in [7, 11) is -3.77. The molecule has 4 atom stereocenters. The summed E-state index contributed by atoms with van der Waals surface area (Å²) in [4.78, 5) is 12.7. The molecule has 2 aromatic carbocycles. The SMILES string of the molecule is CCC(C)CC(=O)N[C@@H](Cc1ccccc1)[C@H](O)CNC(C(C)C)S(=O)(=O)c1ccc(/C=N/O)cc1. The van der Waals surface area contributed by atoms with Crippen molar-refractivity contribution >= 4 is 22.0 Å². The third kappa shape index (κ3) is 8.72. The van der Waals surface area contributed by atoms with Gasteiger partial charge in [-0.1, -0.05) is 81.7 Å². The predicted molar refractivity (Wildman–Crippen MR) is 142 cm³/mol. The second-order valence-corrected chi connectivity index (χ2v) is 11.6. The van der Waals surface area contributed by atoms with Crippen molar-refractivity contribution in [3.8, 4) is 0 Å². The van der Waals surface area contributed by atoms with Crippen LogP contribution in [0.5, 0.6) is 0 Å². The lowest BCUT2D eigenvalue weighted by Gasteiger charge is -2.28. The third-order valence-corrected chi connectivity index (χ3v) is 8.53. The summed E-state index contributed by atoms with van der Waals surface area (Å²) >= 11 is 0. The Balaban J connectivity index is 2.18. The molecule has 0 aliphatic heterocycles. The lowest BCUT2D eigenvalue weighted by Crippen LogP contribution is -2.52. The van der Waals surface area contributed by atoms with Gasteiger partial charge in [0.15, 0.2) is 9.84 Å². The Morgan fingerprint density at radius 2 is 1.69 bits per heavy atom. The third-order valence-electron chi connectivity index (χ3n) is 6.22. The van der Waals surface area contributed by atoms with Crippen molar-refractivity contribution in [3.05, 3.63) is 65.7 Å². The molecule has 8 nitrogen and oxygen atoms in total. The van der Waals surface area contributed by atoms with E-state index in [0.717, 1.165) is 12.0 Å². The van der Waals surface area contributed by atoms with E-state index in [2.05, 4.69) is 15.8 Å². The average Bonchev–Trinajstić information content (AvgIpc) is 2.84. The maximum Gasteiger partial charge on any atom is 0.220 e. The van der Waals surface area contributed by atoms with Crippen molar-refractivity contribution in [1.29, 1.82) is 0 Å². The minimum Gasteiger partial charge on any atom is -0.411 e. The first kappa shape index (κ1) is 29.5. The van der Waals surface area contributed by atoms with E-state index in [1.807, 2.05) is 44.2 Å². The topological polar surface area (TPSA) is 128 Å². The van der Waals surface area contributed by atoms with Crippen molar-refractivity contribution in [2.45, 2.75) is 69.4 Å². The van der Waals surface area contributed by atoms with E-state index in [0.29, 0.717) is 18.4 Å². The molecular weight excluding hydrogens is 478 g/mol. The van der Waals surface area contributed by atoms with Crippen LogP contribution in [0.1, 0.15) is 51.7 Å². The van der Waals surface area contributed by atoms with E-state index in [4.69, 9.17) is 5.21 Å². The molecule has 2 aromatic rings. The molecule has 1 amide bonds. The van der Waals surface area contributed by atoms with Crippen molar-refractivity contribution in [3.63, 3.8) is 0 Å². The lowest BCUT2D eigenvalue weighted by atomic mass is 9.99. The largest absolute Gasteiger partial charge is 0.411 e. The maximum absolute atomic E-state index is 13.4. The molecule has 0 aliphatic rings. The lowest BCUT2D eigenvalue weighted by molar-refractivity contribution is -0.123. The molecule has 0 radical (unpaired) electrons. The van der Waals surface area contributed by atoms with Gasteiger partial charge in [-0.15, -0.1) is 0 Å². The smallest absolute Gasteiger partial charge is 0.220 e. The van der Waals surface area contributed by atoms with Crippen LogP contribution in [-0.2, 0) is 21.1 Å². The average molecular weight is 518 g/mol. The first-order chi connectivity index (χ1) is 17.1. The molecule has 9 heteroatoms. The highest BCUT2D eigenvalue weighted by Crippen LogP contribution is 2.21. The summed E-state index contributed by atoms with van der Waals surface area (Å²) in [5, 5.41) is 27.7. The highest BCUT2D eigenvalue weighted by Gasteiger charge is 2.32. The Bertz CT molecular complexity index is 1070. The second kappa shape index (κ2) is 14.1. The molecule has 0 bridgehead atoms. The van der Waals surface area contributed by atoms with Crippen LogP contribution < -0.4 is 10.6 Å². The van der Waals surface area contributed by atoms with E-state index in [1.165, 1.54) is 18.3 Å². The molecule has 0 aromatic heterocycles. The fraction of sp³-hybridized carbons (Fsp3) is 0.481. The first-order valence-electron chi connectivity index (χ1n) is 12.3. The van der Waals surface area contributed by atoms with Gasteiger partial charge in [-0.2, -0.15) is 0 Å². The zero-order valence-corrected chi connectivity index (χ0v) is 22.3. The van der Waals surface area contributed by atoms with Gasteiger partial charge in [0.05, 0.1) is 23.3 Å². The van der Waals surface area contributed by atoms with Gasteiger partial charge in [-0.3, -0.25) is 10.1 Å². The molecule has 0 spiro atoms. The summed E-state index contributed by atoms with van der Waals surface area (Å²) in [5.74, 6) is -0.194. The van der Waals surface area contributed by atoms with E-state index in [1.54, 1.807) is 26.0 Å². The Hall–Kier alpha value is -2.75. The number of aliphatic hydroxyl groups excluding tert-OH is 1. The van der Waals surface area contributed by atoms with Crippen LogP contribution in [-0.4, -0.2) is 54.9 Å². The number of carbonyl (C=O) groups is 1. The molecular formula is C27H39N3O5S. The number of nitrogens with zero attached hydrogens (tertiary/aromatic N) is 1. The van der Waals surface area contributed by atoms with E-state index in [9.17, 15) is 18.3 Å². The number of oxime groups is 1. The molecule has 0 aliphatic carbocycles. The number of sulfone groups is 1. The van der Waals surface area contributed by atoms with Gasteiger partial charge in [-0.05, 0) is 41.5 Å². The number of rotatable bonds is 14. The molecule has 2 unspecified atom stereocenters. The van der Waals surface area contributed by atoms with Crippen LogP contribution in [0.25, 0.3) is 0 Å². The Kier molecular flexibility index (Phi) is 11.6. The standard InChI is InChI=1S/C27H39N3O5S/c1-5-20(4)15-26(32)30-24(16-21-9-7-6-8-10-21)25(31)18-28-27(19(2)3)36(34,35)23-13-11-22(12-14-23)17-29-33/h6-14,17,19-20,24-25,27-28,31,33H,5,15-16,18H2,1-4H3,(H,30,32)/b29-17+/t20?,24-,25+,27?/m0/s1. The molecule has 2 rings (SSSR count). The van der Waals surface area contributed by atoms with Gasteiger partial charge in [0.2, 0.25) is 5.91 Å². The molecule has 198 valence electrons. The van der Waals surface area contributed by atoms with Gasteiger partial charge in [-0.25, -0.2) is 8.42 Å². The number of carbonyl (C=O) groups excluding carboxylic acids is 1. The van der Waals surface area contributed by atoms with Crippen molar-refractivity contribution < 1.29 is 23.5 Å².